The van der Waals surface area contributed by atoms with Crippen molar-refractivity contribution >= 4 is 6.34 Å². The van der Waals surface area contributed by atoms with E-state index in [0.29, 0.717) is 0 Å². The average Bonchev–Trinajstić information content (AvgIpc) is 1.74. The Morgan fingerprint density at radius 2 is 0.513 bits per heavy atom. The fraction of sp³-hybridized carbons (Fsp3) is 0.778. The number of piperidine rings is 1. The van der Waals surface area contributed by atoms with Crippen LogP contribution in [0.5, 0.6) is 0 Å². The lowest BCUT2D eigenvalue weighted by atomic mass is 10.2. The van der Waals surface area contributed by atoms with Crippen LogP contribution in [-0.2, 0) is 4.74 Å². The van der Waals surface area contributed by atoms with Gasteiger partial charge in [-0.3, -0.25) is 19.9 Å². The zero-order valence-electron chi connectivity index (χ0n) is 91.2. The van der Waals surface area contributed by atoms with Crippen LogP contribution in [0.3, 0.4) is 0 Å². The maximum absolute atomic E-state index is 5.01. The normalized spacial score (nSPS) is 11.9. The van der Waals surface area contributed by atoms with E-state index >= 15 is 0 Å². The number of rotatable bonds is 0. The van der Waals surface area contributed by atoms with Gasteiger partial charge >= 0.3 is 0 Å². The van der Waals surface area contributed by atoms with Crippen molar-refractivity contribution in [2.45, 2.75) is 371 Å². The highest BCUT2D eigenvalue weighted by Gasteiger charge is 2.08. The van der Waals surface area contributed by atoms with Gasteiger partial charge in [-0.2, -0.15) is 10.2 Å². The molecule has 9 N–H and O–H groups in total. The van der Waals surface area contributed by atoms with E-state index in [1.165, 1.54) is 90.8 Å². The topological polar surface area (TPSA) is 227 Å². The fourth-order valence-corrected chi connectivity index (χ4v) is 5.70. The van der Waals surface area contributed by atoms with Crippen LogP contribution in [0, 0.1) is 0 Å². The molecule has 4 aromatic rings. The van der Waals surface area contributed by atoms with Gasteiger partial charge in [-0.05, 0) is 115 Å². The lowest BCUT2D eigenvalue weighted by Crippen LogP contribution is -2.42. The summed E-state index contributed by atoms with van der Waals surface area (Å²) >= 11 is 0. The van der Waals surface area contributed by atoms with Crippen molar-refractivity contribution < 1.29 is 4.74 Å². The molecular weight excluding hydrogens is 1470 g/mol. The maximum Gasteiger partial charge on any atom is 0.115 e. The van der Waals surface area contributed by atoms with Gasteiger partial charge < -0.3 is 62.4 Å². The first-order valence-corrected chi connectivity index (χ1v) is 49.4. The van der Waals surface area contributed by atoms with Crippen molar-refractivity contribution in [2.75, 3.05) is 152 Å². The third-order valence-electron chi connectivity index (χ3n) is 9.70. The minimum absolute atomic E-state index is 0.889. The number of pyridine rings is 1. The summed E-state index contributed by atoms with van der Waals surface area (Å²) in [5, 5.41) is 35.3. The van der Waals surface area contributed by atoms with Gasteiger partial charge in [0.25, 0.3) is 0 Å². The van der Waals surface area contributed by atoms with Gasteiger partial charge in [0, 0.05) is 154 Å². The lowest BCUT2D eigenvalue weighted by Gasteiger charge is -2.28. The molecule has 0 amide bonds. The largest absolute Gasteiger partial charge is 0.379 e. The Morgan fingerprint density at radius 3 is 0.622 bits per heavy atom. The highest BCUT2D eigenvalue weighted by molar-refractivity contribution is 5.56. The lowest BCUT2D eigenvalue weighted by molar-refractivity contribution is 0.109. The van der Waals surface area contributed by atoms with E-state index < -0.39 is 0 Å². The van der Waals surface area contributed by atoms with Crippen LogP contribution in [0.15, 0.2) is 134 Å². The first kappa shape index (κ1) is 180. The van der Waals surface area contributed by atoms with Crippen LogP contribution in [0.25, 0.3) is 0 Å². The van der Waals surface area contributed by atoms with Gasteiger partial charge in [-0.15, -0.1) is 0 Å². The van der Waals surface area contributed by atoms with Crippen molar-refractivity contribution in [3.05, 3.63) is 129 Å². The van der Waals surface area contributed by atoms with E-state index in [1.807, 2.05) is 375 Å². The number of nitrogens with one attached hydrogen (secondary N) is 9. The van der Waals surface area contributed by atoms with E-state index in [2.05, 4.69) is 124 Å². The Morgan fingerprint density at radius 1 is 0.252 bits per heavy atom. The molecule has 4 aromatic heterocycles. The molecule has 732 valence electrons. The van der Waals surface area contributed by atoms with Crippen LogP contribution >= 0.6 is 0 Å². The monoisotopic (exact) mass is 1710 g/mol. The van der Waals surface area contributed by atoms with Crippen LogP contribution in [0.4, 0.5) is 0 Å². The second kappa shape index (κ2) is 307. The summed E-state index contributed by atoms with van der Waals surface area (Å²) in [4.78, 5) is 27.1. The summed E-state index contributed by atoms with van der Waals surface area (Å²) in [6.07, 6.45) is 36.0. The zero-order chi connectivity index (χ0) is 98.5. The minimum Gasteiger partial charge on any atom is -0.379 e. The number of hydrogen-bond acceptors (Lipinski definition) is 20. The van der Waals surface area contributed by atoms with Crippen molar-refractivity contribution in [1.82, 2.24) is 92.8 Å². The molecule has 20 nitrogen and oxygen atoms in total. The molecule has 20 heteroatoms. The number of ether oxygens (including phenoxy) is 1. The van der Waals surface area contributed by atoms with Gasteiger partial charge in [0.2, 0.25) is 0 Å². The molecule has 8 aliphatic heterocycles. The Kier molecular flexibility index (Phi) is 463. The first-order valence-electron chi connectivity index (χ1n) is 49.4. The fourth-order valence-electron chi connectivity index (χ4n) is 5.70. The Balaban J connectivity index is -0.0000000360. The quantitative estimate of drug-likeness (QED) is 0.0798. The Hall–Kier alpha value is -5.26. The summed E-state index contributed by atoms with van der Waals surface area (Å²) in [5.74, 6) is 0. The molecule has 0 saturated carbocycles. The third kappa shape index (κ3) is 301. The Labute approximate surface area is 756 Å². The molecule has 12 rings (SSSR count). The predicted octanol–water partition coefficient (Wildman–Crippen LogP) is 26.7. The summed E-state index contributed by atoms with van der Waals surface area (Å²) in [7, 11) is 4.35. The van der Waals surface area contributed by atoms with Crippen LogP contribution < -0.4 is 47.9 Å². The molecule has 0 unspecified atom stereocenters. The number of allylic oxidation sites excluding steroid dienone is 2. The minimum atomic E-state index is 0.889. The van der Waals surface area contributed by atoms with Crippen LogP contribution in [0.1, 0.15) is 371 Å². The summed E-state index contributed by atoms with van der Waals surface area (Å²) in [6.45, 7) is 120. The first-order chi connectivity index (χ1) is 59.3. The van der Waals surface area contributed by atoms with E-state index in [0.717, 1.165) is 91.8 Å². The molecule has 0 aromatic carbocycles. The van der Waals surface area contributed by atoms with Gasteiger partial charge in [0.1, 0.15) is 6.33 Å². The molecule has 6 saturated heterocycles. The molecular formula is C99H235N19O. The van der Waals surface area contributed by atoms with Gasteiger partial charge in [0.05, 0.1) is 26.1 Å². The number of likely N-dealkylation sites (N-methyl/N-ethyl adjacent to an activating group) is 2. The molecule has 12 heterocycles. The van der Waals surface area contributed by atoms with Crippen molar-refractivity contribution in [3.8, 4) is 0 Å². The number of dihydropyridines is 1. The molecule has 0 aliphatic carbocycles. The summed E-state index contributed by atoms with van der Waals surface area (Å²) in [5.41, 5.74) is 0. The second-order valence-corrected chi connectivity index (χ2v) is 15.8. The SMILES string of the molecule is C1=CNC=CC1.C1=NCCN1.C1CCNC1.C1CCNCC1.C1CNCCN1.C1CNCN1.C1COCCN1.CC.CC.CC.CC.CC.CC.CC.CC.CC.CC.CC.CC.CC.CC.CC.CC.CC.CC.CC.CC.CC.CC.CC.CC.CN1CCN(C)CC1.c1ccncc1.c1ccnnc1.c1cnccn1.c1cncnc1. The van der Waals surface area contributed by atoms with Crippen molar-refractivity contribution in [2.24, 2.45) is 4.99 Å². The highest BCUT2D eigenvalue weighted by Crippen LogP contribution is 1.97. The standard InChI is InChI=1S/C6H14N2.C5H11N.C5H7N.C5H5N.C4H10N2.3C4H4N2.C4H9NO.C4H9N.C3H8N2.C3H6N2.24C2H6/c1-7-3-5-8(2)6-4-7;3*1-2-4-6-5-3-1;2*1-2-6-4-3-5-1;1-2-5-4-6-3-1;1-2-4-6-5-3-1;1-3-6-4-2-5-1;1-2-4-5-3-1;2*1-2-5-3-4-1;24*1-2/h3-6H2,1-2H3;6H,1-5H2;2-6H,1H2;1-5H;5-6H,1-4H2;3*1-4H;5H,1-4H2;5H,1-4H2;4-5H,1-3H2;3H,1-2H2,(H,4,5);24*1-2H3. The summed E-state index contributed by atoms with van der Waals surface area (Å²) in [6, 6.07) is 11.1. The van der Waals surface area contributed by atoms with Crippen molar-refractivity contribution in [1.29, 1.82) is 0 Å². The number of morpholine rings is 1. The molecule has 6 fully saturated rings. The smallest absolute Gasteiger partial charge is 0.115 e. The van der Waals surface area contributed by atoms with Gasteiger partial charge in [-0.1, -0.05) is 357 Å². The average molecular weight is 1710 g/mol. The number of piperazine rings is 2. The highest BCUT2D eigenvalue weighted by atomic mass is 16.5. The predicted molar refractivity (Wildman–Crippen MR) is 564 cm³/mol. The van der Waals surface area contributed by atoms with Crippen LogP contribution in [0.2, 0.25) is 0 Å². The van der Waals surface area contributed by atoms with E-state index in [9.17, 15) is 0 Å². The van der Waals surface area contributed by atoms with Gasteiger partial charge in [-0.25, -0.2) is 9.97 Å². The number of nitrogens with zero attached hydrogens (tertiary/aromatic N) is 10. The number of aliphatic imine (C=N–C) groups is 1. The molecule has 0 atom stereocenters. The molecule has 0 radical (unpaired) electrons. The zero-order valence-corrected chi connectivity index (χ0v) is 91.2. The molecule has 119 heavy (non-hydrogen) atoms. The second-order valence-electron chi connectivity index (χ2n) is 15.8. The molecule has 0 bridgehead atoms. The van der Waals surface area contributed by atoms with E-state index in [1.54, 1.807) is 74.4 Å². The van der Waals surface area contributed by atoms with Crippen molar-refractivity contribution in [3.63, 3.8) is 0 Å². The van der Waals surface area contributed by atoms with Crippen LogP contribution in [-0.4, -0.2) is 203 Å². The van der Waals surface area contributed by atoms with Gasteiger partial charge in [0.15, 0.2) is 0 Å². The van der Waals surface area contributed by atoms with E-state index in [-0.39, 0.29) is 0 Å². The third-order valence-corrected chi connectivity index (χ3v) is 9.70. The Bertz CT molecular complexity index is 1250. The molecule has 0 spiro atoms. The summed E-state index contributed by atoms with van der Waals surface area (Å²) < 4.78 is 5.01. The van der Waals surface area contributed by atoms with E-state index in [4.69, 9.17) is 4.74 Å². The number of hydrogen-bond donors (Lipinski definition) is 9. The number of aromatic nitrogens is 7. The molecule has 8 aliphatic rings. The maximum atomic E-state index is 5.01.